The average Bonchev–Trinajstić information content (AvgIpc) is 3.30. The first-order chi connectivity index (χ1) is 12.6. The first-order valence-corrected chi connectivity index (χ1v) is 10.0. The number of hydrogen-bond acceptors (Lipinski definition) is 5. The third kappa shape index (κ3) is 4.02. The van der Waals surface area contributed by atoms with Crippen LogP contribution in [0.1, 0.15) is 38.1 Å². The van der Waals surface area contributed by atoms with E-state index in [-0.39, 0.29) is 18.5 Å². The molecule has 1 fully saturated rings. The van der Waals surface area contributed by atoms with Crippen LogP contribution in [0.25, 0.3) is 11.0 Å². The molecule has 2 aromatic rings. The Morgan fingerprint density at radius 3 is 3.08 bits per heavy atom. The van der Waals surface area contributed by atoms with Crippen LogP contribution in [0.5, 0.6) is 0 Å². The standard InChI is InChI=1S/C18H24N4O3S/c1-2-3-6-13(9-21(25)11-23)18(24)22-12-26-10-16(22)17-19-14-7-4-5-8-15(14)20-17/h4-5,7-8,11,13,16,25H,2-3,6,9-10,12H2,1H3,(H,19,20)/t13-,16+/m1/s1. The lowest BCUT2D eigenvalue weighted by atomic mass is 9.99. The third-order valence-corrected chi connectivity index (χ3v) is 5.69. The zero-order chi connectivity index (χ0) is 18.5. The van der Waals surface area contributed by atoms with Crippen molar-refractivity contribution in [3.8, 4) is 0 Å². The summed E-state index contributed by atoms with van der Waals surface area (Å²) in [6.07, 6.45) is 2.83. The van der Waals surface area contributed by atoms with Crippen LogP contribution in [-0.4, -0.2) is 55.6 Å². The average molecular weight is 376 g/mol. The molecule has 0 aliphatic carbocycles. The Bertz CT molecular complexity index is 733. The van der Waals surface area contributed by atoms with E-state index in [9.17, 15) is 14.8 Å². The molecule has 0 radical (unpaired) electrons. The Balaban J connectivity index is 1.80. The Hall–Kier alpha value is -2.06. The fourth-order valence-electron chi connectivity index (χ4n) is 3.26. The van der Waals surface area contributed by atoms with Gasteiger partial charge in [0.1, 0.15) is 5.82 Å². The Morgan fingerprint density at radius 1 is 1.54 bits per heavy atom. The van der Waals surface area contributed by atoms with E-state index in [1.54, 1.807) is 11.8 Å². The monoisotopic (exact) mass is 376 g/mol. The summed E-state index contributed by atoms with van der Waals surface area (Å²) in [6, 6.07) is 7.69. The quantitative estimate of drug-likeness (QED) is 0.420. The van der Waals surface area contributed by atoms with Crippen molar-refractivity contribution in [2.24, 2.45) is 5.92 Å². The maximum absolute atomic E-state index is 13.1. The van der Waals surface area contributed by atoms with Crippen LogP contribution in [0.2, 0.25) is 0 Å². The molecule has 0 unspecified atom stereocenters. The number of rotatable bonds is 8. The van der Waals surface area contributed by atoms with Gasteiger partial charge in [-0.3, -0.25) is 14.8 Å². The van der Waals surface area contributed by atoms with E-state index in [1.165, 1.54) is 0 Å². The molecule has 26 heavy (non-hydrogen) atoms. The fraction of sp³-hybridized carbons (Fsp3) is 0.500. The predicted molar refractivity (Wildman–Crippen MR) is 101 cm³/mol. The number of benzene rings is 1. The van der Waals surface area contributed by atoms with Crippen LogP contribution in [0.4, 0.5) is 0 Å². The van der Waals surface area contributed by atoms with Gasteiger partial charge in [-0.1, -0.05) is 31.9 Å². The van der Waals surface area contributed by atoms with Crippen molar-refractivity contribution in [3.63, 3.8) is 0 Å². The minimum atomic E-state index is -0.407. The van der Waals surface area contributed by atoms with Gasteiger partial charge in [0.05, 0.1) is 35.4 Å². The first-order valence-electron chi connectivity index (χ1n) is 8.87. The number of nitrogens with zero attached hydrogens (tertiary/aromatic N) is 3. The molecule has 2 N–H and O–H groups in total. The van der Waals surface area contributed by atoms with Crippen molar-refractivity contribution < 1.29 is 14.8 Å². The van der Waals surface area contributed by atoms with Gasteiger partial charge in [0.25, 0.3) is 0 Å². The van der Waals surface area contributed by atoms with Crippen molar-refractivity contribution in [1.82, 2.24) is 19.9 Å². The number of carbonyl (C=O) groups excluding carboxylic acids is 2. The molecule has 1 aromatic heterocycles. The lowest BCUT2D eigenvalue weighted by Crippen LogP contribution is -2.41. The number of nitrogens with one attached hydrogen (secondary N) is 1. The number of hydrogen-bond donors (Lipinski definition) is 2. The molecule has 0 saturated carbocycles. The summed E-state index contributed by atoms with van der Waals surface area (Å²) in [5.74, 6) is 1.72. The highest BCUT2D eigenvalue weighted by molar-refractivity contribution is 7.99. The minimum Gasteiger partial charge on any atom is -0.340 e. The maximum atomic E-state index is 13.1. The molecule has 1 aliphatic rings. The highest BCUT2D eigenvalue weighted by atomic mass is 32.2. The molecule has 2 amide bonds. The highest BCUT2D eigenvalue weighted by Gasteiger charge is 2.36. The predicted octanol–water partition coefficient (Wildman–Crippen LogP) is 2.79. The van der Waals surface area contributed by atoms with Gasteiger partial charge in [-0.2, -0.15) is 0 Å². The molecule has 140 valence electrons. The summed E-state index contributed by atoms with van der Waals surface area (Å²) in [7, 11) is 0. The smallest absolute Gasteiger partial charge is 0.233 e. The Morgan fingerprint density at radius 2 is 2.35 bits per heavy atom. The number of unbranched alkanes of at least 4 members (excludes halogenated alkanes) is 1. The van der Waals surface area contributed by atoms with Crippen LogP contribution >= 0.6 is 11.8 Å². The molecule has 3 rings (SSSR count). The largest absolute Gasteiger partial charge is 0.340 e. The van der Waals surface area contributed by atoms with Gasteiger partial charge >= 0.3 is 0 Å². The van der Waals surface area contributed by atoms with Gasteiger partial charge in [-0.05, 0) is 18.6 Å². The topological polar surface area (TPSA) is 89.5 Å². The number of H-pyrrole nitrogens is 1. The van der Waals surface area contributed by atoms with Gasteiger partial charge in [0.15, 0.2) is 0 Å². The van der Waals surface area contributed by atoms with Crippen LogP contribution in [0.3, 0.4) is 0 Å². The van der Waals surface area contributed by atoms with Gasteiger partial charge in [-0.15, -0.1) is 11.8 Å². The number of carbonyl (C=O) groups is 2. The van der Waals surface area contributed by atoms with Crippen molar-refractivity contribution in [1.29, 1.82) is 0 Å². The summed E-state index contributed by atoms with van der Waals surface area (Å²) < 4.78 is 0. The number of thioether (sulfide) groups is 1. The molecule has 1 saturated heterocycles. The normalized spacial score (nSPS) is 18.2. The SMILES string of the molecule is CCCC[C@H](CN(O)C=O)C(=O)N1CSC[C@H]1c1nc2ccccc2[nH]1. The van der Waals surface area contributed by atoms with E-state index in [0.29, 0.717) is 23.8 Å². The van der Waals surface area contributed by atoms with E-state index in [4.69, 9.17) is 0 Å². The van der Waals surface area contributed by atoms with E-state index in [0.717, 1.165) is 35.5 Å². The summed E-state index contributed by atoms with van der Waals surface area (Å²) in [4.78, 5) is 33.7. The highest BCUT2D eigenvalue weighted by Crippen LogP contribution is 2.34. The van der Waals surface area contributed by atoms with Gasteiger partial charge in [-0.25, -0.2) is 10.0 Å². The molecule has 0 bridgehead atoms. The van der Waals surface area contributed by atoms with Crippen molar-refractivity contribution in [2.75, 3.05) is 18.2 Å². The minimum absolute atomic E-state index is 0.0242. The van der Waals surface area contributed by atoms with Crippen molar-refractivity contribution in [2.45, 2.75) is 32.2 Å². The number of fused-ring (bicyclic) bond motifs is 1. The lowest BCUT2D eigenvalue weighted by molar-refractivity contribution is -0.157. The van der Waals surface area contributed by atoms with Crippen LogP contribution in [0.15, 0.2) is 24.3 Å². The molecule has 1 aliphatic heterocycles. The van der Waals surface area contributed by atoms with Gasteiger partial charge in [0.2, 0.25) is 12.3 Å². The van der Waals surface area contributed by atoms with Gasteiger partial charge in [0, 0.05) is 5.75 Å². The molecule has 1 aromatic carbocycles. The number of aromatic nitrogens is 2. The lowest BCUT2D eigenvalue weighted by Gasteiger charge is -2.28. The summed E-state index contributed by atoms with van der Waals surface area (Å²) in [5, 5.41) is 10.1. The molecule has 2 heterocycles. The zero-order valence-electron chi connectivity index (χ0n) is 14.8. The van der Waals surface area contributed by atoms with E-state index in [2.05, 4.69) is 16.9 Å². The second-order valence-corrected chi connectivity index (χ2v) is 7.53. The summed E-state index contributed by atoms with van der Waals surface area (Å²) >= 11 is 1.69. The number of hydroxylamine groups is 2. The molecular formula is C18H24N4O3S. The van der Waals surface area contributed by atoms with Gasteiger partial charge < -0.3 is 9.88 Å². The second-order valence-electron chi connectivity index (χ2n) is 6.53. The number of aromatic amines is 1. The second kappa shape index (κ2) is 8.55. The van der Waals surface area contributed by atoms with E-state index < -0.39 is 5.92 Å². The van der Waals surface area contributed by atoms with Crippen molar-refractivity contribution >= 4 is 35.1 Å². The van der Waals surface area contributed by atoms with Crippen LogP contribution in [0, 0.1) is 5.92 Å². The number of imidazole rings is 1. The zero-order valence-corrected chi connectivity index (χ0v) is 15.6. The Labute approximate surface area is 156 Å². The molecular weight excluding hydrogens is 352 g/mol. The number of para-hydroxylation sites is 2. The van der Waals surface area contributed by atoms with Crippen LogP contribution in [-0.2, 0) is 9.59 Å². The van der Waals surface area contributed by atoms with Crippen molar-refractivity contribution in [3.05, 3.63) is 30.1 Å². The molecule has 0 spiro atoms. The molecule has 7 nitrogen and oxygen atoms in total. The molecule has 8 heteroatoms. The summed E-state index contributed by atoms with van der Waals surface area (Å²) in [6.45, 7) is 2.08. The maximum Gasteiger partial charge on any atom is 0.233 e. The first kappa shape index (κ1) is 18.7. The molecule has 2 atom stereocenters. The van der Waals surface area contributed by atoms with E-state index in [1.807, 2.05) is 29.2 Å². The Kier molecular flexibility index (Phi) is 6.16. The van der Waals surface area contributed by atoms with E-state index >= 15 is 0 Å². The fourth-order valence-corrected chi connectivity index (χ4v) is 4.43. The summed E-state index contributed by atoms with van der Waals surface area (Å²) in [5.41, 5.74) is 1.84. The third-order valence-electron chi connectivity index (χ3n) is 4.67. The number of amides is 2. The van der Waals surface area contributed by atoms with Crippen LogP contribution < -0.4 is 0 Å².